The van der Waals surface area contributed by atoms with Crippen LogP contribution in [-0.2, 0) is 29.3 Å². The molecule has 0 fully saturated rings. The Hall–Kier alpha value is -2.33. The average Bonchev–Trinajstić information content (AvgIpc) is 3.62. The topological polar surface area (TPSA) is 53.5 Å². The summed E-state index contributed by atoms with van der Waals surface area (Å²) < 4.78 is 1.64. The van der Waals surface area contributed by atoms with E-state index < -0.39 is 0 Å². The number of nitrogens with zero attached hydrogens (tertiary/aromatic N) is 4. The van der Waals surface area contributed by atoms with Gasteiger partial charge in [-0.15, -0.1) is 0 Å². The molecule has 0 N–H and O–H groups in total. The molecule has 2 aromatic carbocycles. The van der Waals surface area contributed by atoms with Gasteiger partial charge in [0.1, 0.15) is 0 Å². The van der Waals surface area contributed by atoms with Crippen LogP contribution >= 0.6 is 0 Å². The Labute approximate surface area is 434 Å². The van der Waals surface area contributed by atoms with Crippen LogP contribution in [0, 0.1) is 0 Å². The SMILES string of the molecule is CCCCCCCCCC=CCCCc1ccccc1C1=C(CCCCCCCC)C(CCCCCCCCCCCCC)=C(c2ccc(CCCC)cc2)[N+]1=[N-].CC[N-]CC.CC[N-]CC.[Ni+2]. The molecule has 390 valence electrons. The first-order chi connectivity index (χ1) is 33.0. The van der Waals surface area contributed by atoms with Gasteiger partial charge in [-0.1, -0.05) is 239 Å². The largest absolute Gasteiger partial charge is 2.00 e. The summed E-state index contributed by atoms with van der Waals surface area (Å²) in [6.45, 7) is 21.2. The Kier molecular flexibility index (Phi) is 46.7. The molecule has 0 radical (unpaired) electrons. The first-order valence-corrected chi connectivity index (χ1v) is 29.0. The molecule has 5 heteroatoms. The summed E-state index contributed by atoms with van der Waals surface area (Å²) in [5, 5.41) is 7.94. The van der Waals surface area contributed by atoms with Gasteiger partial charge < -0.3 is 16.2 Å². The Balaban J connectivity index is 0.00000368. The molecule has 1 aliphatic rings. The van der Waals surface area contributed by atoms with Gasteiger partial charge >= 0.3 is 16.5 Å². The van der Waals surface area contributed by atoms with Gasteiger partial charge in [-0.05, 0) is 100.0 Å². The summed E-state index contributed by atoms with van der Waals surface area (Å²) in [6.07, 6.45) is 47.2. The van der Waals surface area contributed by atoms with E-state index in [4.69, 9.17) is 0 Å². The van der Waals surface area contributed by atoms with Gasteiger partial charge in [-0.25, -0.2) is 4.70 Å². The Morgan fingerprint density at radius 2 is 0.794 bits per heavy atom. The maximum atomic E-state index is 12.5. The molecule has 0 atom stereocenters. The van der Waals surface area contributed by atoms with E-state index in [0.29, 0.717) is 0 Å². The average molecular weight is 980 g/mol. The van der Waals surface area contributed by atoms with Crippen molar-refractivity contribution in [3.63, 3.8) is 0 Å². The minimum absolute atomic E-state index is 0. The van der Waals surface area contributed by atoms with Crippen molar-refractivity contribution in [1.29, 1.82) is 0 Å². The van der Waals surface area contributed by atoms with Crippen molar-refractivity contribution in [3.05, 3.63) is 110 Å². The number of aryl methyl sites for hydroxylation is 2. The van der Waals surface area contributed by atoms with Gasteiger partial charge in [0.15, 0.2) is 0 Å². The minimum atomic E-state index is 0. The van der Waals surface area contributed by atoms with E-state index in [1.807, 2.05) is 27.7 Å². The predicted molar refractivity (Wildman–Crippen MR) is 302 cm³/mol. The molecular formula is C63H108N4Ni. The minimum Gasteiger partial charge on any atom is -0.663 e. The quantitative estimate of drug-likeness (QED) is 0.0277. The van der Waals surface area contributed by atoms with E-state index in [1.54, 1.807) is 4.70 Å². The molecule has 68 heavy (non-hydrogen) atoms. The second-order valence-electron chi connectivity index (χ2n) is 19.2. The zero-order valence-corrected chi connectivity index (χ0v) is 47.0. The zero-order valence-electron chi connectivity index (χ0n) is 46.0. The summed E-state index contributed by atoms with van der Waals surface area (Å²) >= 11 is 0. The van der Waals surface area contributed by atoms with Crippen LogP contribution in [0.15, 0.2) is 71.8 Å². The molecule has 0 bridgehead atoms. The Bertz CT molecular complexity index is 1530. The van der Waals surface area contributed by atoms with Gasteiger partial charge in [0.05, 0.1) is 0 Å². The molecule has 0 unspecified atom stereocenters. The first-order valence-electron chi connectivity index (χ1n) is 29.0. The van der Waals surface area contributed by atoms with Gasteiger partial charge in [0.2, 0.25) is 11.4 Å². The molecule has 0 amide bonds. The fraction of sp³-hybridized carbons (Fsp3) is 0.714. The van der Waals surface area contributed by atoms with Crippen molar-refractivity contribution in [1.82, 2.24) is 0 Å². The number of allylic oxidation sites excluding steroid dienone is 4. The van der Waals surface area contributed by atoms with Crippen LogP contribution in [0.2, 0.25) is 0 Å². The van der Waals surface area contributed by atoms with Crippen molar-refractivity contribution in [3.8, 4) is 0 Å². The third-order valence-electron chi connectivity index (χ3n) is 13.3. The molecule has 2 aromatic rings. The Morgan fingerprint density at radius 3 is 1.24 bits per heavy atom. The fourth-order valence-corrected chi connectivity index (χ4v) is 9.31. The smallest absolute Gasteiger partial charge is 0.663 e. The van der Waals surface area contributed by atoms with Crippen molar-refractivity contribution in [2.45, 2.75) is 267 Å². The summed E-state index contributed by atoms with van der Waals surface area (Å²) in [7, 11) is 0. The van der Waals surface area contributed by atoms with Crippen LogP contribution in [0.4, 0.5) is 0 Å². The van der Waals surface area contributed by atoms with Crippen LogP contribution in [0.1, 0.15) is 277 Å². The van der Waals surface area contributed by atoms with E-state index in [0.717, 1.165) is 81.7 Å². The van der Waals surface area contributed by atoms with Crippen LogP contribution in [0.5, 0.6) is 0 Å². The summed E-state index contributed by atoms with van der Waals surface area (Å²) in [5.41, 5.74) is 22.6. The molecular weight excluding hydrogens is 871 g/mol. The molecule has 0 aromatic heterocycles. The number of benzene rings is 2. The second kappa shape index (κ2) is 48.3. The standard InChI is InChI=1S/C55H88N2.2C4H10N.Ni/c1-5-9-13-16-19-21-23-25-26-28-30-33-39-49-40-36-37-41-51(49)55-53(43-35-31-18-15-11-7-3)52(42-34-32-29-27-24-22-20-17-14-10-6-2)54(57(55)56)50-46-44-48(45-47-50)38-12-8-4;2*1-3-5-4-2;/h26,28,36-37,40-41,44-47H,5-25,27,29-35,38-39,42-43H2,1-4H3;2*3-4H2,1-2H3;/q;2*-1;+2. The molecule has 0 saturated carbocycles. The molecule has 1 aliphatic heterocycles. The van der Waals surface area contributed by atoms with E-state index in [2.05, 4.69) is 99.0 Å². The number of unbranched alkanes of at least 4 members (excludes halogenated alkanes) is 24. The molecule has 0 aliphatic carbocycles. The fourth-order valence-electron chi connectivity index (χ4n) is 9.31. The number of hydrogen-bond donors (Lipinski definition) is 0. The van der Waals surface area contributed by atoms with Crippen molar-refractivity contribution in [2.24, 2.45) is 0 Å². The van der Waals surface area contributed by atoms with Gasteiger partial charge in [-0.2, -0.15) is 26.2 Å². The second-order valence-corrected chi connectivity index (χ2v) is 19.2. The molecule has 0 spiro atoms. The molecule has 4 nitrogen and oxygen atoms in total. The van der Waals surface area contributed by atoms with Gasteiger partial charge in [0.25, 0.3) is 0 Å². The summed E-state index contributed by atoms with van der Waals surface area (Å²) in [4.78, 5) is 0. The van der Waals surface area contributed by atoms with Gasteiger partial charge in [-0.3, -0.25) is 0 Å². The monoisotopic (exact) mass is 979 g/mol. The third kappa shape index (κ3) is 31.1. The maximum absolute atomic E-state index is 12.5. The number of hydrogen-bond acceptors (Lipinski definition) is 0. The van der Waals surface area contributed by atoms with E-state index in [1.165, 1.54) is 201 Å². The van der Waals surface area contributed by atoms with Crippen molar-refractivity contribution >= 4 is 11.4 Å². The maximum Gasteiger partial charge on any atom is 2.00 e. The van der Waals surface area contributed by atoms with Crippen LogP contribution in [0.25, 0.3) is 27.6 Å². The number of rotatable bonds is 40. The van der Waals surface area contributed by atoms with Gasteiger partial charge in [0, 0.05) is 22.3 Å². The van der Waals surface area contributed by atoms with E-state index in [-0.39, 0.29) is 16.5 Å². The zero-order chi connectivity index (χ0) is 48.8. The normalized spacial score (nSPS) is 12.4. The molecule has 0 saturated heterocycles. The van der Waals surface area contributed by atoms with Crippen LogP contribution < -0.4 is 0 Å². The van der Waals surface area contributed by atoms with Crippen LogP contribution in [0.3, 0.4) is 0 Å². The third-order valence-corrected chi connectivity index (χ3v) is 13.3. The van der Waals surface area contributed by atoms with E-state index in [9.17, 15) is 5.53 Å². The predicted octanol–water partition coefficient (Wildman–Crippen LogP) is 21.5. The van der Waals surface area contributed by atoms with Crippen molar-refractivity contribution < 1.29 is 21.2 Å². The first kappa shape index (κ1) is 65.7. The molecule has 3 rings (SSSR count). The molecule has 1 heterocycles. The summed E-state index contributed by atoms with van der Waals surface area (Å²) in [5.74, 6) is 0. The van der Waals surface area contributed by atoms with Crippen LogP contribution in [-0.4, -0.2) is 30.9 Å². The van der Waals surface area contributed by atoms with E-state index >= 15 is 0 Å². The Morgan fingerprint density at radius 1 is 0.397 bits per heavy atom. The van der Waals surface area contributed by atoms with Crippen molar-refractivity contribution in [2.75, 3.05) is 26.2 Å². The summed E-state index contributed by atoms with van der Waals surface area (Å²) in [6, 6.07) is 18.2.